The molecule has 1 saturated heterocycles. The first-order valence-electron chi connectivity index (χ1n) is 7.39. The van der Waals surface area contributed by atoms with Crippen LogP contribution in [0.1, 0.15) is 45.2 Å². The fraction of sp³-hybridized carbons (Fsp3) is 0.625. The molecule has 3 heteroatoms. The quantitative estimate of drug-likeness (QED) is 0.885. The Balaban J connectivity index is 2.27. The molecule has 1 aliphatic heterocycles. The van der Waals surface area contributed by atoms with Gasteiger partial charge in [-0.05, 0) is 56.0 Å². The maximum atomic E-state index is 3.61. The minimum absolute atomic E-state index is 0.398. The van der Waals surface area contributed by atoms with Gasteiger partial charge < -0.3 is 10.2 Å². The van der Waals surface area contributed by atoms with Gasteiger partial charge in [0, 0.05) is 29.3 Å². The summed E-state index contributed by atoms with van der Waals surface area (Å²) in [7, 11) is 0. The van der Waals surface area contributed by atoms with Crippen molar-refractivity contribution in [1.82, 2.24) is 5.32 Å². The molecule has 19 heavy (non-hydrogen) atoms. The smallest absolute Gasteiger partial charge is 0.0415 e. The first kappa shape index (κ1) is 14.9. The van der Waals surface area contributed by atoms with Gasteiger partial charge in [0.2, 0.25) is 0 Å². The van der Waals surface area contributed by atoms with Gasteiger partial charge in [-0.2, -0.15) is 0 Å². The molecule has 0 bridgehead atoms. The van der Waals surface area contributed by atoms with Crippen molar-refractivity contribution >= 4 is 21.6 Å². The van der Waals surface area contributed by atoms with Gasteiger partial charge in [0.15, 0.2) is 0 Å². The Labute approximate surface area is 125 Å². The van der Waals surface area contributed by atoms with Gasteiger partial charge in [-0.3, -0.25) is 0 Å². The monoisotopic (exact) mass is 324 g/mol. The summed E-state index contributed by atoms with van der Waals surface area (Å²) in [6.07, 6.45) is 2.68. The molecule has 2 nitrogen and oxygen atoms in total. The number of rotatable bonds is 4. The van der Waals surface area contributed by atoms with Crippen molar-refractivity contribution in [2.24, 2.45) is 5.92 Å². The second-order valence-electron chi connectivity index (χ2n) is 5.68. The van der Waals surface area contributed by atoms with E-state index in [1.54, 1.807) is 0 Å². The summed E-state index contributed by atoms with van der Waals surface area (Å²) in [5.74, 6) is 0.805. The first-order valence-corrected chi connectivity index (χ1v) is 8.19. The zero-order valence-corrected chi connectivity index (χ0v) is 13.8. The molecular weight excluding hydrogens is 300 g/mol. The normalized spacial score (nSPS) is 21.5. The van der Waals surface area contributed by atoms with Crippen molar-refractivity contribution in [3.8, 4) is 0 Å². The third-order valence-corrected chi connectivity index (χ3v) is 4.46. The number of halogens is 1. The van der Waals surface area contributed by atoms with E-state index >= 15 is 0 Å². The summed E-state index contributed by atoms with van der Waals surface area (Å²) in [6, 6.07) is 7.10. The van der Waals surface area contributed by atoms with Crippen LogP contribution < -0.4 is 10.2 Å². The Hall–Kier alpha value is -0.540. The Kier molecular flexibility index (Phi) is 5.28. The average Bonchev–Trinajstić information content (AvgIpc) is 2.39. The molecule has 2 rings (SSSR count). The highest BCUT2D eigenvalue weighted by atomic mass is 79.9. The van der Waals surface area contributed by atoms with Gasteiger partial charge in [-0.1, -0.05) is 29.8 Å². The lowest BCUT2D eigenvalue weighted by molar-refractivity contribution is 0.445. The third kappa shape index (κ3) is 3.73. The highest BCUT2D eigenvalue weighted by Crippen LogP contribution is 2.32. The Morgan fingerprint density at radius 1 is 1.47 bits per heavy atom. The molecule has 0 radical (unpaired) electrons. The van der Waals surface area contributed by atoms with Crippen molar-refractivity contribution in [2.75, 3.05) is 24.5 Å². The highest BCUT2D eigenvalue weighted by Gasteiger charge is 2.20. The molecular formula is C16H25BrN2. The lowest BCUT2D eigenvalue weighted by Gasteiger charge is -2.35. The molecule has 2 atom stereocenters. The van der Waals surface area contributed by atoms with Crippen molar-refractivity contribution in [3.63, 3.8) is 0 Å². The summed E-state index contributed by atoms with van der Waals surface area (Å²) in [4.78, 5) is 2.56. The van der Waals surface area contributed by atoms with Crippen molar-refractivity contribution in [3.05, 3.63) is 28.2 Å². The fourth-order valence-electron chi connectivity index (χ4n) is 2.98. The zero-order valence-electron chi connectivity index (χ0n) is 12.2. The van der Waals surface area contributed by atoms with Gasteiger partial charge in [0.25, 0.3) is 0 Å². The van der Waals surface area contributed by atoms with Gasteiger partial charge >= 0.3 is 0 Å². The van der Waals surface area contributed by atoms with Crippen molar-refractivity contribution < 1.29 is 0 Å². The number of nitrogens with one attached hydrogen (secondary N) is 1. The Morgan fingerprint density at radius 3 is 2.95 bits per heavy atom. The molecule has 1 aliphatic rings. The van der Waals surface area contributed by atoms with E-state index in [1.807, 2.05) is 0 Å². The summed E-state index contributed by atoms with van der Waals surface area (Å²) in [6.45, 7) is 10.2. The Bertz CT molecular complexity index is 419. The predicted octanol–water partition coefficient (Wildman–Crippen LogP) is 4.36. The standard InChI is InChI=1S/C16H25BrN2/c1-4-18-13(3)15-10-14(17)7-8-16(15)19-9-5-6-12(2)11-19/h7-8,10,12-13,18H,4-6,9,11H2,1-3H3. The van der Waals surface area contributed by atoms with E-state index in [9.17, 15) is 0 Å². The van der Waals surface area contributed by atoms with Crippen LogP contribution in [0.2, 0.25) is 0 Å². The summed E-state index contributed by atoms with van der Waals surface area (Å²) in [5.41, 5.74) is 2.81. The summed E-state index contributed by atoms with van der Waals surface area (Å²) in [5, 5.41) is 3.53. The SMILES string of the molecule is CCNC(C)c1cc(Br)ccc1N1CCCC(C)C1. The topological polar surface area (TPSA) is 15.3 Å². The van der Waals surface area contributed by atoms with E-state index in [0.717, 1.165) is 12.5 Å². The first-order chi connectivity index (χ1) is 9.11. The highest BCUT2D eigenvalue weighted by molar-refractivity contribution is 9.10. The third-order valence-electron chi connectivity index (χ3n) is 3.96. The zero-order chi connectivity index (χ0) is 13.8. The fourth-order valence-corrected chi connectivity index (χ4v) is 3.36. The van der Waals surface area contributed by atoms with Crippen LogP contribution in [-0.2, 0) is 0 Å². The van der Waals surface area contributed by atoms with E-state index in [4.69, 9.17) is 0 Å². The number of nitrogens with zero attached hydrogens (tertiary/aromatic N) is 1. The van der Waals surface area contributed by atoms with Crippen LogP contribution in [0, 0.1) is 5.92 Å². The van der Waals surface area contributed by atoms with Gasteiger partial charge in [0.1, 0.15) is 0 Å². The molecule has 1 fully saturated rings. The molecule has 0 aromatic heterocycles. The molecule has 1 aromatic carbocycles. The van der Waals surface area contributed by atoms with Crippen molar-refractivity contribution in [1.29, 1.82) is 0 Å². The molecule has 0 saturated carbocycles. The van der Waals surface area contributed by atoms with E-state index in [-0.39, 0.29) is 0 Å². The van der Waals surface area contributed by atoms with Crippen LogP contribution in [0.5, 0.6) is 0 Å². The van der Waals surface area contributed by atoms with Gasteiger partial charge in [0.05, 0.1) is 0 Å². The predicted molar refractivity (Wildman–Crippen MR) is 86.8 cm³/mol. The molecule has 1 aromatic rings. The van der Waals surface area contributed by atoms with Crippen LogP contribution in [0.4, 0.5) is 5.69 Å². The summed E-state index contributed by atoms with van der Waals surface area (Å²) >= 11 is 3.61. The minimum atomic E-state index is 0.398. The van der Waals surface area contributed by atoms with Crippen LogP contribution in [0.3, 0.4) is 0 Å². The van der Waals surface area contributed by atoms with Gasteiger partial charge in [-0.15, -0.1) is 0 Å². The number of hydrogen-bond donors (Lipinski definition) is 1. The molecule has 2 unspecified atom stereocenters. The Morgan fingerprint density at radius 2 is 2.26 bits per heavy atom. The molecule has 1 N–H and O–H groups in total. The second-order valence-corrected chi connectivity index (χ2v) is 6.59. The minimum Gasteiger partial charge on any atom is -0.371 e. The van der Waals surface area contributed by atoms with Crippen LogP contribution >= 0.6 is 15.9 Å². The lowest BCUT2D eigenvalue weighted by Crippen LogP contribution is -2.35. The lowest BCUT2D eigenvalue weighted by atomic mass is 9.97. The summed E-state index contributed by atoms with van der Waals surface area (Å²) < 4.78 is 1.17. The molecule has 0 aliphatic carbocycles. The van der Waals surface area contributed by atoms with Gasteiger partial charge in [-0.25, -0.2) is 0 Å². The second kappa shape index (κ2) is 6.76. The molecule has 1 heterocycles. The average molecular weight is 325 g/mol. The maximum Gasteiger partial charge on any atom is 0.0415 e. The van der Waals surface area contributed by atoms with E-state index in [2.05, 4.69) is 65.1 Å². The molecule has 106 valence electrons. The van der Waals surface area contributed by atoms with Crippen molar-refractivity contribution in [2.45, 2.75) is 39.7 Å². The van der Waals surface area contributed by atoms with E-state index < -0.39 is 0 Å². The number of hydrogen-bond acceptors (Lipinski definition) is 2. The number of anilines is 1. The van der Waals surface area contributed by atoms with Crippen LogP contribution in [0.15, 0.2) is 22.7 Å². The number of piperidine rings is 1. The largest absolute Gasteiger partial charge is 0.371 e. The number of benzene rings is 1. The van der Waals surface area contributed by atoms with Crippen LogP contribution in [-0.4, -0.2) is 19.6 Å². The molecule has 0 spiro atoms. The van der Waals surface area contributed by atoms with Crippen LogP contribution in [0.25, 0.3) is 0 Å². The van der Waals surface area contributed by atoms with E-state index in [1.165, 1.54) is 41.7 Å². The maximum absolute atomic E-state index is 3.61. The van der Waals surface area contributed by atoms with E-state index in [0.29, 0.717) is 6.04 Å². The molecule has 0 amide bonds.